The number of hydrogen-bond donors (Lipinski definition) is 2. The van der Waals surface area contributed by atoms with Crippen LogP contribution in [-0.4, -0.2) is 53.0 Å². The Hall–Kier alpha value is -3.52. The van der Waals surface area contributed by atoms with Crippen molar-refractivity contribution in [2.45, 2.75) is 31.8 Å². The van der Waals surface area contributed by atoms with Crippen LogP contribution in [0.2, 0.25) is 0 Å². The maximum absolute atomic E-state index is 14.7. The number of nitrogens with zero attached hydrogens (tertiary/aromatic N) is 3. The topological polar surface area (TPSA) is 64.3 Å². The second-order valence-corrected chi connectivity index (χ2v) is 9.14. The maximum atomic E-state index is 14.7. The highest BCUT2D eigenvalue weighted by atomic mass is 19.1. The lowest BCUT2D eigenvalue weighted by molar-refractivity contribution is 0.130. The maximum Gasteiger partial charge on any atom is 0.320 e. The third kappa shape index (κ3) is 5.27. The number of rotatable bonds is 8. The molecule has 35 heavy (non-hydrogen) atoms. The number of amides is 2. The molecule has 0 fully saturated rings. The number of benzene rings is 2. The van der Waals surface area contributed by atoms with E-state index in [1.165, 1.54) is 11.0 Å². The Morgan fingerprint density at radius 1 is 1.20 bits per heavy atom. The predicted molar refractivity (Wildman–Crippen MR) is 133 cm³/mol. The van der Waals surface area contributed by atoms with E-state index < -0.39 is 17.2 Å². The monoisotopic (exact) mass is 479 g/mol. The van der Waals surface area contributed by atoms with Gasteiger partial charge in [0.2, 0.25) is 0 Å². The van der Waals surface area contributed by atoms with Crippen LogP contribution in [0.15, 0.2) is 60.8 Å². The molecular formula is C27H31F2N5O. The smallest absolute Gasteiger partial charge is 0.320 e. The number of carbonyl (C=O) groups excluding carboxylic acids is 1. The number of aromatic amines is 1. The first kappa shape index (κ1) is 24.6. The molecule has 184 valence electrons. The number of aromatic nitrogens is 2. The van der Waals surface area contributed by atoms with Crippen molar-refractivity contribution in [1.82, 2.24) is 25.1 Å². The van der Waals surface area contributed by atoms with E-state index in [-0.39, 0.29) is 18.1 Å². The molecule has 0 saturated heterocycles. The van der Waals surface area contributed by atoms with Crippen LogP contribution in [-0.2, 0) is 12.1 Å². The number of H-pyrrole nitrogens is 1. The van der Waals surface area contributed by atoms with E-state index in [1.54, 1.807) is 25.2 Å². The van der Waals surface area contributed by atoms with Crippen LogP contribution in [0.5, 0.6) is 0 Å². The number of halogens is 2. The zero-order chi connectivity index (χ0) is 25.0. The van der Waals surface area contributed by atoms with Gasteiger partial charge in [0.1, 0.15) is 17.5 Å². The summed E-state index contributed by atoms with van der Waals surface area (Å²) in [6.45, 7) is 3.46. The zero-order valence-corrected chi connectivity index (χ0v) is 20.3. The van der Waals surface area contributed by atoms with Crippen LogP contribution in [0.1, 0.15) is 35.5 Å². The van der Waals surface area contributed by atoms with Crippen molar-refractivity contribution in [3.05, 3.63) is 95.1 Å². The van der Waals surface area contributed by atoms with Gasteiger partial charge >= 0.3 is 6.03 Å². The van der Waals surface area contributed by atoms with Gasteiger partial charge in [0.15, 0.2) is 0 Å². The molecule has 2 heterocycles. The van der Waals surface area contributed by atoms with Crippen molar-refractivity contribution in [3.63, 3.8) is 0 Å². The normalized spacial score (nSPS) is 17.5. The van der Waals surface area contributed by atoms with Gasteiger partial charge in [-0.05, 0) is 61.7 Å². The van der Waals surface area contributed by atoms with Crippen molar-refractivity contribution >= 4 is 11.6 Å². The number of hydrogen-bond acceptors (Lipinski definition) is 3. The van der Waals surface area contributed by atoms with Crippen LogP contribution >= 0.6 is 0 Å². The summed E-state index contributed by atoms with van der Waals surface area (Å²) in [4.78, 5) is 24.2. The lowest BCUT2D eigenvalue weighted by Gasteiger charge is -2.40. The van der Waals surface area contributed by atoms with E-state index >= 15 is 0 Å². The quantitative estimate of drug-likeness (QED) is 0.455. The summed E-state index contributed by atoms with van der Waals surface area (Å²) >= 11 is 0. The molecule has 4 rings (SSSR count). The van der Waals surface area contributed by atoms with E-state index in [2.05, 4.69) is 15.3 Å². The summed E-state index contributed by atoms with van der Waals surface area (Å²) in [5, 5.41) is 3.40. The summed E-state index contributed by atoms with van der Waals surface area (Å²) in [5.41, 5.74) is 1.94. The molecule has 6 nitrogen and oxygen atoms in total. The highest BCUT2D eigenvalue weighted by molar-refractivity contribution is 5.83. The van der Waals surface area contributed by atoms with Crippen LogP contribution in [0.4, 0.5) is 13.6 Å². The van der Waals surface area contributed by atoms with E-state index in [0.717, 1.165) is 35.6 Å². The Balaban J connectivity index is 1.65. The van der Waals surface area contributed by atoms with E-state index in [9.17, 15) is 13.6 Å². The predicted octanol–water partition coefficient (Wildman–Crippen LogP) is 4.84. The first-order valence-corrected chi connectivity index (χ1v) is 11.7. The fourth-order valence-corrected chi connectivity index (χ4v) is 4.67. The molecule has 8 heteroatoms. The fraction of sp³-hybridized carbons (Fsp3) is 0.333. The van der Waals surface area contributed by atoms with Gasteiger partial charge < -0.3 is 20.1 Å². The molecular weight excluding hydrogens is 448 g/mol. The molecule has 2 amide bonds. The number of aryl methyl sites for hydroxylation is 1. The van der Waals surface area contributed by atoms with Crippen LogP contribution in [0.25, 0.3) is 5.57 Å². The van der Waals surface area contributed by atoms with Gasteiger partial charge in [-0.15, -0.1) is 0 Å². The van der Waals surface area contributed by atoms with Gasteiger partial charge in [0.05, 0.1) is 12.1 Å². The summed E-state index contributed by atoms with van der Waals surface area (Å²) in [6, 6.07) is 13.0. The average Bonchev–Trinajstić information content (AvgIpc) is 3.44. The first-order chi connectivity index (χ1) is 16.8. The number of imidazole rings is 1. The molecule has 2 N–H and O–H groups in total. The highest BCUT2D eigenvalue weighted by Crippen LogP contribution is 2.44. The highest BCUT2D eigenvalue weighted by Gasteiger charge is 2.45. The van der Waals surface area contributed by atoms with Crippen molar-refractivity contribution in [2.24, 2.45) is 0 Å². The van der Waals surface area contributed by atoms with Crippen LogP contribution in [0, 0.1) is 18.6 Å². The van der Waals surface area contributed by atoms with Gasteiger partial charge in [-0.3, -0.25) is 0 Å². The number of nitrogens with one attached hydrogen (secondary N) is 2. The molecule has 2 aromatic carbocycles. The third-order valence-corrected chi connectivity index (χ3v) is 6.34. The molecule has 1 unspecified atom stereocenters. The van der Waals surface area contributed by atoms with E-state index in [0.29, 0.717) is 25.1 Å². The Bertz CT molecular complexity index is 1210. The first-order valence-electron chi connectivity index (χ1n) is 11.7. The van der Waals surface area contributed by atoms with Gasteiger partial charge in [-0.25, -0.2) is 18.6 Å². The van der Waals surface area contributed by atoms with Crippen molar-refractivity contribution in [1.29, 1.82) is 0 Å². The van der Waals surface area contributed by atoms with Crippen molar-refractivity contribution in [3.8, 4) is 0 Å². The molecule has 1 atom stereocenters. The van der Waals surface area contributed by atoms with Gasteiger partial charge in [0, 0.05) is 38.1 Å². The third-order valence-electron chi connectivity index (χ3n) is 6.34. The second-order valence-electron chi connectivity index (χ2n) is 9.14. The number of carbonyl (C=O) groups is 1. The lowest BCUT2D eigenvalue weighted by atomic mass is 9.84. The van der Waals surface area contributed by atoms with Crippen LogP contribution in [0.3, 0.4) is 0 Å². The van der Waals surface area contributed by atoms with Crippen molar-refractivity contribution < 1.29 is 13.6 Å². The summed E-state index contributed by atoms with van der Waals surface area (Å²) < 4.78 is 28.8. The minimum absolute atomic E-state index is 0.184. The minimum atomic E-state index is -0.792. The van der Waals surface area contributed by atoms with Gasteiger partial charge in [-0.2, -0.15) is 0 Å². The second kappa shape index (κ2) is 10.4. The average molecular weight is 480 g/mol. The molecule has 3 aromatic rings. The van der Waals surface area contributed by atoms with Crippen molar-refractivity contribution in [2.75, 3.05) is 27.2 Å². The van der Waals surface area contributed by atoms with Gasteiger partial charge in [0.25, 0.3) is 0 Å². The summed E-state index contributed by atoms with van der Waals surface area (Å²) in [7, 11) is 3.40. The fourth-order valence-electron chi connectivity index (χ4n) is 4.67. The molecule has 0 saturated carbocycles. The standard InChI is InChI=1S/C27H31F2N5O/c1-19-16-31-25(32-19)17-30-13-7-12-27(21-8-5-4-6-9-21)15-20(18-34(27)26(35)33(2)3)23-14-22(28)10-11-24(23)29/h4-6,8-11,14-16,30H,7,12-13,17-18H2,1-3H3,(H,31,32). The number of urea groups is 1. The van der Waals surface area contributed by atoms with E-state index in [1.807, 2.05) is 43.3 Å². The largest absolute Gasteiger partial charge is 0.345 e. The summed E-state index contributed by atoms with van der Waals surface area (Å²) in [6.07, 6.45) is 5.10. The van der Waals surface area contributed by atoms with E-state index in [4.69, 9.17) is 0 Å². The van der Waals surface area contributed by atoms with Crippen LogP contribution < -0.4 is 5.32 Å². The molecule has 1 aromatic heterocycles. The Kier molecular flexibility index (Phi) is 7.31. The molecule has 0 radical (unpaired) electrons. The molecule has 1 aliphatic rings. The molecule has 0 aliphatic carbocycles. The molecule has 0 bridgehead atoms. The Labute approximate surface area is 204 Å². The summed E-state index contributed by atoms with van der Waals surface area (Å²) in [5.74, 6) is -0.147. The Morgan fingerprint density at radius 2 is 1.97 bits per heavy atom. The Morgan fingerprint density at radius 3 is 2.66 bits per heavy atom. The molecule has 1 aliphatic heterocycles. The minimum Gasteiger partial charge on any atom is -0.345 e. The zero-order valence-electron chi connectivity index (χ0n) is 20.3. The lowest BCUT2D eigenvalue weighted by Crippen LogP contribution is -2.49. The molecule has 0 spiro atoms. The van der Waals surface area contributed by atoms with Gasteiger partial charge in [-0.1, -0.05) is 30.3 Å². The SMILES string of the molecule is Cc1cnc(CNCCCC2(c3ccccc3)C=C(c3cc(F)ccc3F)CN2C(=O)N(C)C)[nH]1.